The van der Waals surface area contributed by atoms with Crippen molar-refractivity contribution in [2.45, 2.75) is 23.6 Å². The van der Waals surface area contributed by atoms with Crippen molar-refractivity contribution in [3.05, 3.63) is 58.1 Å². The minimum atomic E-state index is 1.15. The van der Waals surface area contributed by atoms with E-state index in [0.717, 1.165) is 4.47 Å². The second kappa shape index (κ2) is 5.07. The third kappa shape index (κ3) is 2.89. The van der Waals surface area contributed by atoms with E-state index >= 15 is 0 Å². The minimum absolute atomic E-state index is 1.15. The molecule has 0 aliphatic heterocycles. The highest BCUT2D eigenvalue weighted by Crippen LogP contribution is 2.33. The van der Waals surface area contributed by atoms with Gasteiger partial charge in [0.05, 0.1) is 0 Å². The van der Waals surface area contributed by atoms with Crippen LogP contribution in [0.15, 0.2) is 56.7 Å². The highest BCUT2D eigenvalue weighted by molar-refractivity contribution is 9.10. The Labute approximate surface area is 109 Å². The van der Waals surface area contributed by atoms with E-state index in [2.05, 4.69) is 66.2 Å². The van der Waals surface area contributed by atoms with Crippen molar-refractivity contribution < 1.29 is 0 Å². The van der Waals surface area contributed by atoms with Gasteiger partial charge in [-0.25, -0.2) is 0 Å². The Hall–Kier alpha value is -0.730. The van der Waals surface area contributed by atoms with Crippen molar-refractivity contribution in [2.75, 3.05) is 0 Å². The summed E-state index contributed by atoms with van der Waals surface area (Å²) in [5, 5.41) is 0. The maximum Gasteiger partial charge on any atom is 0.0314 e. The SMILES string of the molecule is Cc1cc(C)cc(Sc2ccccc2Br)c1. The van der Waals surface area contributed by atoms with E-state index in [0.29, 0.717) is 0 Å². The van der Waals surface area contributed by atoms with Gasteiger partial charge in [-0.3, -0.25) is 0 Å². The third-order valence-corrected chi connectivity index (χ3v) is 4.26. The molecule has 0 fully saturated rings. The number of hydrogen-bond acceptors (Lipinski definition) is 1. The second-order valence-electron chi connectivity index (χ2n) is 3.86. The molecule has 0 amide bonds. The van der Waals surface area contributed by atoms with E-state index < -0.39 is 0 Å². The fourth-order valence-corrected chi connectivity index (χ4v) is 3.23. The Bertz CT molecular complexity index is 486. The molecule has 0 unspecified atom stereocenters. The lowest BCUT2D eigenvalue weighted by Gasteiger charge is -2.06. The van der Waals surface area contributed by atoms with Crippen molar-refractivity contribution in [2.24, 2.45) is 0 Å². The number of hydrogen-bond donors (Lipinski definition) is 0. The molecule has 0 spiro atoms. The molecule has 2 aromatic rings. The van der Waals surface area contributed by atoms with Crippen LogP contribution in [-0.4, -0.2) is 0 Å². The van der Waals surface area contributed by atoms with Crippen LogP contribution in [-0.2, 0) is 0 Å². The molecule has 0 atom stereocenters. The summed E-state index contributed by atoms with van der Waals surface area (Å²) in [6.07, 6.45) is 0. The molecule has 0 aliphatic rings. The van der Waals surface area contributed by atoms with Gasteiger partial charge in [-0.05, 0) is 65.2 Å². The van der Waals surface area contributed by atoms with Crippen LogP contribution in [0.3, 0.4) is 0 Å². The molecule has 2 rings (SSSR count). The van der Waals surface area contributed by atoms with E-state index in [9.17, 15) is 0 Å². The Morgan fingerprint density at radius 1 is 0.938 bits per heavy atom. The van der Waals surface area contributed by atoms with E-state index in [-0.39, 0.29) is 0 Å². The van der Waals surface area contributed by atoms with Gasteiger partial charge in [-0.1, -0.05) is 30.0 Å². The van der Waals surface area contributed by atoms with Gasteiger partial charge in [0, 0.05) is 14.3 Å². The Kier molecular flexibility index (Phi) is 3.72. The van der Waals surface area contributed by atoms with Crippen LogP contribution >= 0.6 is 27.7 Å². The molecule has 0 N–H and O–H groups in total. The molecule has 2 heteroatoms. The molecule has 2 aromatic carbocycles. The third-order valence-electron chi connectivity index (χ3n) is 2.26. The summed E-state index contributed by atoms with van der Waals surface area (Å²) in [5.74, 6) is 0. The zero-order valence-corrected chi connectivity index (χ0v) is 11.7. The van der Waals surface area contributed by atoms with Crippen LogP contribution in [0, 0.1) is 13.8 Å². The van der Waals surface area contributed by atoms with Gasteiger partial charge >= 0.3 is 0 Å². The Balaban J connectivity index is 2.30. The number of rotatable bonds is 2. The molecule has 0 nitrogen and oxygen atoms in total. The first-order valence-electron chi connectivity index (χ1n) is 5.16. The van der Waals surface area contributed by atoms with Gasteiger partial charge in [0.25, 0.3) is 0 Å². The lowest BCUT2D eigenvalue weighted by Crippen LogP contribution is -1.80. The fourth-order valence-electron chi connectivity index (χ4n) is 1.65. The van der Waals surface area contributed by atoms with Crippen molar-refractivity contribution >= 4 is 27.7 Å². The molecule has 0 saturated carbocycles. The van der Waals surface area contributed by atoms with Crippen LogP contribution < -0.4 is 0 Å². The van der Waals surface area contributed by atoms with Crippen LogP contribution in [0.4, 0.5) is 0 Å². The quantitative estimate of drug-likeness (QED) is 0.731. The first-order valence-corrected chi connectivity index (χ1v) is 6.77. The predicted molar refractivity (Wildman–Crippen MR) is 74.2 cm³/mol. The monoisotopic (exact) mass is 292 g/mol. The lowest BCUT2D eigenvalue weighted by molar-refractivity contribution is 1.28. The molecular formula is C14H13BrS. The van der Waals surface area contributed by atoms with Crippen LogP contribution in [0.25, 0.3) is 0 Å². The molecule has 0 radical (unpaired) electrons. The van der Waals surface area contributed by atoms with E-state index in [1.165, 1.54) is 20.9 Å². The summed E-state index contributed by atoms with van der Waals surface area (Å²) in [4.78, 5) is 2.55. The highest BCUT2D eigenvalue weighted by atomic mass is 79.9. The van der Waals surface area contributed by atoms with Gasteiger partial charge in [-0.15, -0.1) is 0 Å². The van der Waals surface area contributed by atoms with Gasteiger partial charge in [0.15, 0.2) is 0 Å². The molecule has 0 aliphatic carbocycles. The molecule has 16 heavy (non-hydrogen) atoms. The van der Waals surface area contributed by atoms with Gasteiger partial charge in [0.2, 0.25) is 0 Å². The van der Waals surface area contributed by atoms with Crippen molar-refractivity contribution in [1.29, 1.82) is 0 Å². The van der Waals surface area contributed by atoms with Crippen molar-refractivity contribution in [3.8, 4) is 0 Å². The number of halogens is 1. The zero-order valence-electron chi connectivity index (χ0n) is 9.33. The standard InChI is InChI=1S/C14H13BrS/c1-10-7-11(2)9-12(8-10)16-14-6-4-3-5-13(14)15/h3-9H,1-2H3. The van der Waals surface area contributed by atoms with E-state index in [4.69, 9.17) is 0 Å². The Morgan fingerprint density at radius 3 is 2.19 bits per heavy atom. The lowest BCUT2D eigenvalue weighted by atomic mass is 10.2. The molecule has 0 saturated heterocycles. The molecule has 82 valence electrons. The fraction of sp³-hybridized carbons (Fsp3) is 0.143. The van der Waals surface area contributed by atoms with Gasteiger partial charge < -0.3 is 0 Å². The van der Waals surface area contributed by atoms with E-state index in [1.807, 2.05) is 6.07 Å². The summed E-state index contributed by atoms with van der Waals surface area (Å²) in [6, 6.07) is 14.9. The van der Waals surface area contributed by atoms with Gasteiger partial charge in [0.1, 0.15) is 0 Å². The average Bonchev–Trinajstić information content (AvgIpc) is 2.20. The molecule has 0 bridgehead atoms. The number of aryl methyl sites for hydroxylation is 2. The predicted octanol–water partition coefficient (Wildman–Crippen LogP) is 5.22. The smallest absolute Gasteiger partial charge is 0.0314 e. The maximum absolute atomic E-state index is 3.57. The summed E-state index contributed by atoms with van der Waals surface area (Å²) in [5.41, 5.74) is 2.63. The maximum atomic E-state index is 3.57. The topological polar surface area (TPSA) is 0 Å². The summed E-state index contributed by atoms with van der Waals surface area (Å²) < 4.78 is 1.15. The van der Waals surface area contributed by atoms with E-state index in [1.54, 1.807) is 11.8 Å². The average molecular weight is 293 g/mol. The Morgan fingerprint density at radius 2 is 1.56 bits per heavy atom. The number of benzene rings is 2. The van der Waals surface area contributed by atoms with Crippen LogP contribution in [0.5, 0.6) is 0 Å². The highest BCUT2D eigenvalue weighted by Gasteiger charge is 2.02. The van der Waals surface area contributed by atoms with Crippen molar-refractivity contribution in [3.63, 3.8) is 0 Å². The zero-order chi connectivity index (χ0) is 11.5. The van der Waals surface area contributed by atoms with Crippen LogP contribution in [0.1, 0.15) is 11.1 Å². The van der Waals surface area contributed by atoms with Gasteiger partial charge in [-0.2, -0.15) is 0 Å². The molecule has 0 heterocycles. The summed E-state index contributed by atoms with van der Waals surface area (Å²) in [6.45, 7) is 4.27. The molecular weight excluding hydrogens is 280 g/mol. The summed E-state index contributed by atoms with van der Waals surface area (Å²) in [7, 11) is 0. The first kappa shape index (κ1) is 11.7. The molecule has 0 aromatic heterocycles. The largest absolute Gasteiger partial charge is 0.0889 e. The minimum Gasteiger partial charge on any atom is -0.0889 e. The normalized spacial score (nSPS) is 10.4. The second-order valence-corrected chi connectivity index (χ2v) is 5.83. The summed E-state index contributed by atoms with van der Waals surface area (Å²) >= 11 is 5.37. The van der Waals surface area contributed by atoms with Crippen molar-refractivity contribution in [1.82, 2.24) is 0 Å². The first-order chi connectivity index (χ1) is 7.65. The van der Waals surface area contributed by atoms with Crippen LogP contribution in [0.2, 0.25) is 0 Å².